The van der Waals surface area contributed by atoms with Crippen molar-refractivity contribution in [2.75, 3.05) is 13.1 Å². The molecule has 2 saturated carbocycles. The Morgan fingerprint density at radius 3 is 2.42 bits per heavy atom. The molecule has 2 aliphatic carbocycles. The Hall–Kier alpha value is -0.130. The molecule has 5 heteroatoms. The van der Waals surface area contributed by atoms with Crippen LogP contribution in [0.1, 0.15) is 46.5 Å². The molecule has 0 radical (unpaired) electrons. The molecule has 4 atom stereocenters. The Morgan fingerprint density at radius 1 is 1.16 bits per heavy atom. The summed E-state index contributed by atoms with van der Waals surface area (Å²) in [4.78, 5) is 0. The van der Waals surface area contributed by atoms with Gasteiger partial charge in [-0.25, -0.2) is 13.1 Å². The van der Waals surface area contributed by atoms with Crippen molar-refractivity contribution in [1.82, 2.24) is 10.0 Å². The maximum Gasteiger partial charge on any atom is 0.215 e. The Balaban J connectivity index is 1.77. The fourth-order valence-corrected chi connectivity index (χ4v) is 4.55. The molecule has 0 aromatic rings. The minimum atomic E-state index is -3.17. The predicted octanol–water partition coefficient (Wildman–Crippen LogP) is 1.73. The van der Waals surface area contributed by atoms with E-state index < -0.39 is 10.0 Å². The summed E-state index contributed by atoms with van der Waals surface area (Å²) in [6.07, 6.45) is 5.23. The number of nitrogens with one attached hydrogen (secondary N) is 2. The average molecular weight is 288 g/mol. The first-order valence-corrected chi connectivity index (χ1v) is 9.15. The topological polar surface area (TPSA) is 58.2 Å². The lowest BCUT2D eigenvalue weighted by molar-refractivity contribution is 0.332. The van der Waals surface area contributed by atoms with Gasteiger partial charge < -0.3 is 5.32 Å². The van der Waals surface area contributed by atoms with Crippen LogP contribution in [0, 0.1) is 17.8 Å². The molecule has 0 aliphatic heterocycles. The first-order chi connectivity index (χ1) is 8.88. The zero-order chi connectivity index (χ0) is 14.0. The molecular formula is C14H28N2O2S. The number of hydrogen-bond donors (Lipinski definition) is 2. The summed E-state index contributed by atoms with van der Waals surface area (Å²) >= 11 is 0. The second-order valence-corrected chi connectivity index (χ2v) is 8.89. The van der Waals surface area contributed by atoms with Crippen LogP contribution in [0.4, 0.5) is 0 Å². The summed E-state index contributed by atoms with van der Waals surface area (Å²) in [5, 5.41) is 2.82. The van der Waals surface area contributed by atoms with Crippen molar-refractivity contribution in [3.8, 4) is 0 Å². The minimum Gasteiger partial charge on any atom is -0.313 e. The standard InChI is InChI=1S/C14H28N2O2S/c1-10(2)15-8-11(3)19(17,18)16-9-14-7-12-4-5-13(14)6-12/h10-16H,4-9H2,1-3H3. The Bertz CT molecular complexity index is 394. The Kier molecular flexibility index (Phi) is 4.90. The van der Waals surface area contributed by atoms with Crippen molar-refractivity contribution in [2.45, 2.75) is 57.7 Å². The molecule has 0 saturated heterocycles. The van der Waals surface area contributed by atoms with E-state index in [-0.39, 0.29) is 5.25 Å². The second-order valence-electron chi connectivity index (χ2n) is 6.70. The van der Waals surface area contributed by atoms with Gasteiger partial charge in [0.25, 0.3) is 0 Å². The fraction of sp³-hybridized carbons (Fsp3) is 1.00. The predicted molar refractivity (Wildman–Crippen MR) is 78.5 cm³/mol. The average Bonchev–Trinajstić information content (AvgIpc) is 2.95. The molecule has 4 unspecified atom stereocenters. The van der Waals surface area contributed by atoms with Crippen LogP contribution in [0.3, 0.4) is 0 Å². The molecule has 112 valence electrons. The Morgan fingerprint density at radius 2 is 1.89 bits per heavy atom. The second kappa shape index (κ2) is 6.10. The molecule has 19 heavy (non-hydrogen) atoms. The fourth-order valence-electron chi connectivity index (χ4n) is 3.50. The van der Waals surface area contributed by atoms with Crippen LogP contribution in [0.15, 0.2) is 0 Å². The number of fused-ring (bicyclic) bond motifs is 2. The van der Waals surface area contributed by atoms with Gasteiger partial charge in [0.2, 0.25) is 10.0 Å². The summed E-state index contributed by atoms with van der Waals surface area (Å²) in [5.74, 6) is 2.23. The highest BCUT2D eigenvalue weighted by Gasteiger charge is 2.39. The van der Waals surface area contributed by atoms with E-state index in [9.17, 15) is 8.42 Å². The summed E-state index contributed by atoms with van der Waals surface area (Å²) in [7, 11) is -3.17. The van der Waals surface area contributed by atoms with Crippen molar-refractivity contribution in [3.05, 3.63) is 0 Å². The summed E-state index contributed by atoms with van der Waals surface area (Å²) in [5.41, 5.74) is 0. The number of sulfonamides is 1. The summed E-state index contributed by atoms with van der Waals surface area (Å²) in [6.45, 7) is 7.00. The van der Waals surface area contributed by atoms with Crippen LogP contribution in [0.25, 0.3) is 0 Å². The molecule has 0 spiro atoms. The van der Waals surface area contributed by atoms with Crippen LogP contribution in [0.5, 0.6) is 0 Å². The minimum absolute atomic E-state index is 0.322. The van der Waals surface area contributed by atoms with Gasteiger partial charge in [-0.05, 0) is 43.9 Å². The van der Waals surface area contributed by atoms with E-state index in [1.165, 1.54) is 25.7 Å². The molecule has 0 aromatic carbocycles. The highest BCUT2D eigenvalue weighted by molar-refractivity contribution is 7.90. The van der Waals surface area contributed by atoms with E-state index >= 15 is 0 Å². The van der Waals surface area contributed by atoms with Gasteiger partial charge in [-0.1, -0.05) is 20.3 Å². The van der Waals surface area contributed by atoms with E-state index in [1.807, 2.05) is 13.8 Å². The lowest BCUT2D eigenvalue weighted by Crippen LogP contribution is -2.42. The van der Waals surface area contributed by atoms with Gasteiger partial charge >= 0.3 is 0 Å². The molecule has 0 heterocycles. The van der Waals surface area contributed by atoms with E-state index in [2.05, 4.69) is 10.0 Å². The van der Waals surface area contributed by atoms with Crippen LogP contribution in [0.2, 0.25) is 0 Å². The van der Waals surface area contributed by atoms with E-state index in [1.54, 1.807) is 6.92 Å². The van der Waals surface area contributed by atoms with Gasteiger partial charge in [0.1, 0.15) is 0 Å². The highest BCUT2D eigenvalue weighted by atomic mass is 32.2. The van der Waals surface area contributed by atoms with Crippen LogP contribution in [-0.4, -0.2) is 32.8 Å². The lowest BCUT2D eigenvalue weighted by atomic mass is 9.89. The normalized spacial score (nSPS) is 32.1. The molecule has 2 bridgehead atoms. The third-order valence-electron chi connectivity index (χ3n) is 4.77. The van der Waals surface area contributed by atoms with Gasteiger partial charge in [0.15, 0.2) is 0 Å². The van der Waals surface area contributed by atoms with E-state index in [0.717, 1.165) is 11.8 Å². The van der Waals surface area contributed by atoms with Crippen LogP contribution < -0.4 is 10.0 Å². The van der Waals surface area contributed by atoms with E-state index in [4.69, 9.17) is 0 Å². The third-order valence-corrected chi connectivity index (χ3v) is 6.57. The van der Waals surface area contributed by atoms with E-state index in [0.29, 0.717) is 25.0 Å². The summed E-state index contributed by atoms with van der Waals surface area (Å²) < 4.78 is 27.2. The molecule has 2 N–H and O–H groups in total. The molecule has 0 aromatic heterocycles. The van der Waals surface area contributed by atoms with Crippen LogP contribution in [-0.2, 0) is 10.0 Å². The molecule has 4 nitrogen and oxygen atoms in total. The van der Waals surface area contributed by atoms with Crippen LogP contribution >= 0.6 is 0 Å². The zero-order valence-corrected chi connectivity index (χ0v) is 13.2. The largest absolute Gasteiger partial charge is 0.313 e. The molecule has 0 amide bonds. The quantitative estimate of drug-likeness (QED) is 0.750. The van der Waals surface area contributed by atoms with Crippen molar-refractivity contribution in [3.63, 3.8) is 0 Å². The van der Waals surface area contributed by atoms with Gasteiger partial charge in [-0.3, -0.25) is 0 Å². The van der Waals surface area contributed by atoms with Gasteiger partial charge in [-0.15, -0.1) is 0 Å². The zero-order valence-electron chi connectivity index (χ0n) is 12.4. The molecule has 2 rings (SSSR count). The number of hydrogen-bond acceptors (Lipinski definition) is 3. The van der Waals surface area contributed by atoms with Crippen molar-refractivity contribution in [2.24, 2.45) is 17.8 Å². The van der Waals surface area contributed by atoms with Gasteiger partial charge in [-0.2, -0.15) is 0 Å². The third kappa shape index (κ3) is 3.92. The van der Waals surface area contributed by atoms with Crippen molar-refractivity contribution in [1.29, 1.82) is 0 Å². The van der Waals surface area contributed by atoms with Gasteiger partial charge in [0, 0.05) is 19.1 Å². The Labute approximate surface area is 117 Å². The number of rotatable bonds is 7. The molecular weight excluding hydrogens is 260 g/mol. The highest BCUT2D eigenvalue weighted by Crippen LogP contribution is 2.47. The first kappa shape index (κ1) is 15.3. The van der Waals surface area contributed by atoms with Crippen molar-refractivity contribution >= 4 is 10.0 Å². The molecule has 2 aliphatic rings. The maximum absolute atomic E-state index is 12.2. The summed E-state index contributed by atoms with van der Waals surface area (Å²) in [6, 6.07) is 0.322. The monoisotopic (exact) mass is 288 g/mol. The van der Waals surface area contributed by atoms with Gasteiger partial charge in [0.05, 0.1) is 5.25 Å². The van der Waals surface area contributed by atoms with Crippen molar-refractivity contribution < 1.29 is 8.42 Å². The first-order valence-electron chi connectivity index (χ1n) is 7.60. The maximum atomic E-state index is 12.2. The smallest absolute Gasteiger partial charge is 0.215 e. The SMILES string of the molecule is CC(C)NCC(C)S(=O)(=O)NCC1CC2CCC1C2. The molecule has 2 fully saturated rings. The lowest BCUT2D eigenvalue weighted by Gasteiger charge is -2.23.